The first-order valence-corrected chi connectivity index (χ1v) is 10.4. The zero-order chi connectivity index (χ0) is 15.8. The molecule has 2 aliphatic rings. The van der Waals surface area contributed by atoms with E-state index in [9.17, 15) is 13.2 Å². The van der Waals surface area contributed by atoms with Crippen molar-refractivity contribution in [3.63, 3.8) is 0 Å². The number of piperidine rings is 1. The number of nitrogens with one attached hydrogen (secondary N) is 1. The van der Waals surface area contributed by atoms with Crippen molar-refractivity contribution in [1.29, 1.82) is 0 Å². The van der Waals surface area contributed by atoms with Crippen molar-refractivity contribution in [3.05, 3.63) is 22.4 Å². The van der Waals surface area contributed by atoms with E-state index in [0.717, 1.165) is 44.3 Å². The van der Waals surface area contributed by atoms with Gasteiger partial charge < -0.3 is 4.90 Å². The molecule has 2 fully saturated rings. The largest absolute Gasteiger partial charge is 0.342 e. The Balaban J connectivity index is 1.46. The van der Waals surface area contributed by atoms with Gasteiger partial charge in [0.05, 0.1) is 12.7 Å². The van der Waals surface area contributed by atoms with E-state index in [-0.39, 0.29) is 17.4 Å². The minimum atomic E-state index is -3.11. The van der Waals surface area contributed by atoms with E-state index in [4.69, 9.17) is 0 Å². The first-order valence-electron chi connectivity index (χ1n) is 7.61. The molecule has 1 aromatic rings. The molecule has 122 valence electrons. The average Bonchev–Trinajstić information content (AvgIpc) is 2.89. The molecule has 2 heterocycles. The summed E-state index contributed by atoms with van der Waals surface area (Å²) >= 11 is 1.62. The number of hydrogen-bond acceptors (Lipinski definition) is 4. The number of carbonyl (C=O) groups is 1. The van der Waals surface area contributed by atoms with E-state index in [1.165, 1.54) is 6.26 Å². The highest BCUT2D eigenvalue weighted by molar-refractivity contribution is 7.88. The molecule has 1 aliphatic carbocycles. The Hall–Kier alpha value is -0.920. The van der Waals surface area contributed by atoms with Gasteiger partial charge in [0, 0.05) is 19.1 Å². The van der Waals surface area contributed by atoms with Crippen LogP contribution in [0.1, 0.15) is 31.2 Å². The fourth-order valence-corrected chi connectivity index (χ4v) is 5.13. The number of likely N-dealkylation sites (tertiary alicyclic amines) is 1. The van der Waals surface area contributed by atoms with Gasteiger partial charge in [-0.15, -0.1) is 0 Å². The molecule has 0 atom stereocenters. The number of thiophene rings is 1. The van der Waals surface area contributed by atoms with Gasteiger partial charge in [0.15, 0.2) is 0 Å². The first kappa shape index (κ1) is 16.0. The predicted octanol–water partition coefficient (Wildman–Crippen LogP) is 1.61. The Morgan fingerprint density at radius 1 is 1.41 bits per heavy atom. The Labute approximate surface area is 135 Å². The lowest BCUT2D eigenvalue weighted by Gasteiger charge is -2.52. The average molecular weight is 342 g/mol. The van der Waals surface area contributed by atoms with Crippen molar-refractivity contribution < 1.29 is 13.2 Å². The van der Waals surface area contributed by atoms with E-state index < -0.39 is 10.0 Å². The fourth-order valence-electron chi connectivity index (χ4n) is 3.69. The maximum absolute atomic E-state index is 12.3. The van der Waals surface area contributed by atoms with Crippen molar-refractivity contribution in [2.75, 3.05) is 19.3 Å². The lowest BCUT2D eigenvalue weighted by molar-refractivity contribution is -0.134. The minimum absolute atomic E-state index is 0.0862. The molecule has 3 rings (SSSR count). The Morgan fingerprint density at radius 3 is 2.64 bits per heavy atom. The van der Waals surface area contributed by atoms with Crippen molar-refractivity contribution in [3.8, 4) is 0 Å². The topological polar surface area (TPSA) is 66.5 Å². The molecule has 0 radical (unpaired) electrons. The molecule has 1 aromatic heterocycles. The second-order valence-corrected chi connectivity index (χ2v) is 9.24. The Bertz CT molecular complexity index is 624. The standard InChI is InChI=1S/C15H22N2O3S2/c1-22(19,20)16-13-9-15(10-13)3-5-17(6-4-15)14(18)8-12-2-7-21-11-12/h2,7,11,13,16H,3-6,8-10H2,1H3. The van der Waals surface area contributed by atoms with Gasteiger partial charge in [-0.1, -0.05) is 0 Å². The Kier molecular flexibility index (Phi) is 4.31. The maximum Gasteiger partial charge on any atom is 0.227 e. The van der Waals surface area contributed by atoms with Crippen molar-refractivity contribution >= 4 is 27.3 Å². The van der Waals surface area contributed by atoms with Crippen LogP contribution in [-0.2, 0) is 21.2 Å². The highest BCUT2D eigenvalue weighted by atomic mass is 32.2. The summed E-state index contributed by atoms with van der Waals surface area (Å²) in [6.45, 7) is 1.60. The van der Waals surface area contributed by atoms with Crippen LogP contribution in [0, 0.1) is 5.41 Å². The van der Waals surface area contributed by atoms with Crippen LogP contribution in [-0.4, -0.2) is 44.6 Å². The van der Waals surface area contributed by atoms with Crippen LogP contribution in [0.2, 0.25) is 0 Å². The molecular formula is C15H22N2O3S2. The van der Waals surface area contributed by atoms with E-state index in [2.05, 4.69) is 4.72 Å². The molecule has 1 spiro atoms. The number of nitrogens with zero attached hydrogens (tertiary/aromatic N) is 1. The van der Waals surface area contributed by atoms with Crippen molar-refractivity contribution in [2.24, 2.45) is 5.41 Å². The molecule has 1 saturated heterocycles. The zero-order valence-electron chi connectivity index (χ0n) is 12.7. The van der Waals surface area contributed by atoms with Crippen LogP contribution in [0.15, 0.2) is 16.8 Å². The molecule has 22 heavy (non-hydrogen) atoms. The second-order valence-electron chi connectivity index (χ2n) is 6.68. The lowest BCUT2D eigenvalue weighted by Crippen LogP contribution is -2.55. The number of rotatable bonds is 4. The summed E-state index contributed by atoms with van der Waals surface area (Å²) < 4.78 is 25.2. The third kappa shape index (κ3) is 3.70. The van der Waals surface area contributed by atoms with E-state index in [0.29, 0.717) is 6.42 Å². The monoisotopic (exact) mass is 342 g/mol. The highest BCUT2D eigenvalue weighted by Gasteiger charge is 2.46. The normalized spacial score (nSPS) is 21.8. The molecule has 1 N–H and O–H groups in total. The molecule has 1 aliphatic heterocycles. The van der Waals surface area contributed by atoms with Crippen LogP contribution in [0.25, 0.3) is 0 Å². The van der Waals surface area contributed by atoms with E-state index in [1.54, 1.807) is 11.3 Å². The van der Waals surface area contributed by atoms with Crippen molar-refractivity contribution in [2.45, 2.75) is 38.1 Å². The molecule has 1 amide bonds. The smallest absolute Gasteiger partial charge is 0.227 e. The third-order valence-electron chi connectivity index (χ3n) is 4.85. The summed E-state index contributed by atoms with van der Waals surface area (Å²) in [6, 6.07) is 2.09. The van der Waals surface area contributed by atoms with Gasteiger partial charge in [0.2, 0.25) is 15.9 Å². The van der Waals surface area contributed by atoms with Gasteiger partial charge in [-0.3, -0.25) is 4.79 Å². The van der Waals surface area contributed by atoms with Crippen LogP contribution >= 0.6 is 11.3 Å². The van der Waals surface area contributed by atoms with Gasteiger partial charge in [-0.25, -0.2) is 13.1 Å². The molecule has 0 unspecified atom stereocenters. The summed E-state index contributed by atoms with van der Waals surface area (Å²) in [6.07, 6.45) is 5.51. The van der Waals surface area contributed by atoms with Gasteiger partial charge in [-0.05, 0) is 53.5 Å². The molecular weight excluding hydrogens is 320 g/mol. The van der Waals surface area contributed by atoms with Gasteiger partial charge in [0.1, 0.15) is 0 Å². The molecule has 7 heteroatoms. The van der Waals surface area contributed by atoms with Crippen molar-refractivity contribution in [1.82, 2.24) is 9.62 Å². The van der Waals surface area contributed by atoms with Gasteiger partial charge in [-0.2, -0.15) is 11.3 Å². The quantitative estimate of drug-likeness (QED) is 0.904. The second kappa shape index (κ2) is 5.94. The van der Waals surface area contributed by atoms with Crippen LogP contribution < -0.4 is 4.72 Å². The Morgan fingerprint density at radius 2 is 2.09 bits per heavy atom. The summed E-state index contributed by atoms with van der Waals surface area (Å²) in [4.78, 5) is 14.2. The highest BCUT2D eigenvalue weighted by Crippen LogP contribution is 2.49. The first-order chi connectivity index (χ1) is 10.4. The van der Waals surface area contributed by atoms with Gasteiger partial charge >= 0.3 is 0 Å². The summed E-state index contributed by atoms with van der Waals surface area (Å²) in [5, 5.41) is 4.02. The number of carbonyl (C=O) groups excluding carboxylic acids is 1. The van der Waals surface area contributed by atoms with Gasteiger partial charge in [0.25, 0.3) is 0 Å². The third-order valence-corrected chi connectivity index (χ3v) is 6.35. The fraction of sp³-hybridized carbons (Fsp3) is 0.667. The molecule has 1 saturated carbocycles. The van der Waals surface area contributed by atoms with E-state index >= 15 is 0 Å². The number of hydrogen-bond donors (Lipinski definition) is 1. The summed E-state index contributed by atoms with van der Waals surface area (Å²) in [5.74, 6) is 0.207. The van der Waals surface area contributed by atoms with Crippen LogP contribution in [0.5, 0.6) is 0 Å². The SMILES string of the molecule is CS(=O)(=O)NC1CC2(CCN(C(=O)Cc3ccsc3)CC2)C1. The number of sulfonamides is 1. The summed E-state index contributed by atoms with van der Waals surface area (Å²) in [5.41, 5.74) is 1.35. The maximum atomic E-state index is 12.3. The number of amides is 1. The molecule has 0 aromatic carbocycles. The minimum Gasteiger partial charge on any atom is -0.342 e. The summed E-state index contributed by atoms with van der Waals surface area (Å²) in [7, 11) is -3.11. The lowest BCUT2D eigenvalue weighted by atomic mass is 9.60. The van der Waals surface area contributed by atoms with E-state index in [1.807, 2.05) is 21.7 Å². The van der Waals surface area contributed by atoms with Crippen LogP contribution in [0.4, 0.5) is 0 Å². The molecule has 0 bridgehead atoms. The zero-order valence-corrected chi connectivity index (χ0v) is 14.4. The predicted molar refractivity (Wildman–Crippen MR) is 87.3 cm³/mol. The molecule has 5 nitrogen and oxygen atoms in total. The van der Waals surface area contributed by atoms with Crippen LogP contribution in [0.3, 0.4) is 0 Å².